The third-order valence-corrected chi connectivity index (χ3v) is 3.77. The van der Waals surface area contributed by atoms with Crippen LogP contribution in [0.1, 0.15) is 24.5 Å². The van der Waals surface area contributed by atoms with E-state index >= 15 is 0 Å². The van der Waals surface area contributed by atoms with Crippen molar-refractivity contribution in [2.75, 3.05) is 40.0 Å². The highest BCUT2D eigenvalue weighted by molar-refractivity contribution is 5.37. The molecule has 106 valence electrons. The summed E-state index contributed by atoms with van der Waals surface area (Å²) >= 11 is 0. The quantitative estimate of drug-likeness (QED) is 0.787. The summed E-state index contributed by atoms with van der Waals surface area (Å²) in [7, 11) is 1.74. The zero-order chi connectivity index (χ0) is 13.5. The van der Waals surface area contributed by atoms with Crippen molar-refractivity contribution < 1.29 is 9.47 Å². The van der Waals surface area contributed by atoms with E-state index in [0.717, 1.165) is 44.9 Å². The molecule has 1 aromatic rings. The molecular weight excluding hydrogens is 238 g/mol. The second-order valence-corrected chi connectivity index (χ2v) is 5.06. The fraction of sp³-hybridized carbons (Fsp3) is 0.625. The molecule has 1 fully saturated rings. The van der Waals surface area contributed by atoms with Crippen LogP contribution < -0.4 is 4.74 Å². The maximum absolute atomic E-state index is 5.37. The fourth-order valence-corrected chi connectivity index (χ4v) is 2.60. The lowest BCUT2D eigenvalue weighted by atomic mass is 10.0. The summed E-state index contributed by atoms with van der Waals surface area (Å²) in [6.45, 7) is 7.31. The highest BCUT2D eigenvalue weighted by Gasteiger charge is 2.09. The molecule has 0 aromatic heterocycles. The molecule has 19 heavy (non-hydrogen) atoms. The Hall–Kier alpha value is -1.06. The number of hydrogen-bond donors (Lipinski definition) is 0. The average Bonchev–Trinajstić information content (AvgIpc) is 2.48. The molecule has 0 unspecified atom stereocenters. The molecule has 0 saturated carbocycles. The zero-order valence-electron chi connectivity index (χ0n) is 12.2. The minimum absolute atomic E-state index is 0.891. The van der Waals surface area contributed by atoms with Gasteiger partial charge in [-0.05, 0) is 43.0 Å². The van der Waals surface area contributed by atoms with Crippen molar-refractivity contribution in [3.8, 4) is 5.75 Å². The number of aryl methyl sites for hydroxylation is 2. The van der Waals surface area contributed by atoms with Crippen LogP contribution in [-0.2, 0) is 17.6 Å². The van der Waals surface area contributed by atoms with Gasteiger partial charge < -0.3 is 9.47 Å². The molecule has 0 N–H and O–H groups in total. The Morgan fingerprint density at radius 3 is 2.74 bits per heavy atom. The van der Waals surface area contributed by atoms with E-state index in [-0.39, 0.29) is 0 Å². The first-order chi connectivity index (χ1) is 9.33. The molecule has 1 aliphatic heterocycles. The van der Waals surface area contributed by atoms with Gasteiger partial charge in [0.1, 0.15) is 5.75 Å². The molecule has 3 nitrogen and oxygen atoms in total. The van der Waals surface area contributed by atoms with Gasteiger partial charge in [0.05, 0.1) is 20.3 Å². The van der Waals surface area contributed by atoms with Gasteiger partial charge in [0.2, 0.25) is 0 Å². The van der Waals surface area contributed by atoms with Crippen molar-refractivity contribution in [3.63, 3.8) is 0 Å². The van der Waals surface area contributed by atoms with Crippen LogP contribution >= 0.6 is 0 Å². The largest absolute Gasteiger partial charge is 0.496 e. The molecule has 0 spiro atoms. The Morgan fingerprint density at radius 2 is 2.05 bits per heavy atom. The predicted molar refractivity (Wildman–Crippen MR) is 78.0 cm³/mol. The maximum Gasteiger partial charge on any atom is 0.122 e. The van der Waals surface area contributed by atoms with Crippen molar-refractivity contribution in [1.29, 1.82) is 0 Å². The SMILES string of the molecule is CCc1cc(CCCN2CCOCC2)ccc1OC. The summed E-state index contributed by atoms with van der Waals surface area (Å²) in [5.74, 6) is 1.01. The molecule has 0 atom stereocenters. The van der Waals surface area contributed by atoms with Crippen molar-refractivity contribution in [1.82, 2.24) is 4.90 Å². The highest BCUT2D eigenvalue weighted by Crippen LogP contribution is 2.21. The fourth-order valence-electron chi connectivity index (χ4n) is 2.60. The molecule has 2 rings (SSSR count). The third kappa shape index (κ3) is 4.22. The number of nitrogens with zero attached hydrogens (tertiary/aromatic N) is 1. The van der Waals surface area contributed by atoms with Crippen LogP contribution in [0.15, 0.2) is 18.2 Å². The standard InChI is InChI=1S/C16H25NO2/c1-3-15-13-14(6-7-16(15)18-2)5-4-8-17-9-11-19-12-10-17/h6-7,13H,3-5,8-12H2,1-2H3. The minimum atomic E-state index is 0.891. The third-order valence-electron chi connectivity index (χ3n) is 3.77. The van der Waals surface area contributed by atoms with Gasteiger partial charge in [0.25, 0.3) is 0 Å². The Balaban J connectivity index is 1.81. The van der Waals surface area contributed by atoms with Gasteiger partial charge in [0, 0.05) is 13.1 Å². The van der Waals surface area contributed by atoms with Crippen LogP contribution in [0.3, 0.4) is 0 Å². The van der Waals surface area contributed by atoms with E-state index in [4.69, 9.17) is 9.47 Å². The molecule has 0 amide bonds. The van der Waals surface area contributed by atoms with E-state index in [1.54, 1.807) is 7.11 Å². The van der Waals surface area contributed by atoms with Gasteiger partial charge in [-0.2, -0.15) is 0 Å². The van der Waals surface area contributed by atoms with Crippen molar-refractivity contribution in [2.45, 2.75) is 26.2 Å². The van der Waals surface area contributed by atoms with Gasteiger partial charge in [-0.25, -0.2) is 0 Å². The predicted octanol–water partition coefficient (Wildman–Crippen LogP) is 2.52. The Morgan fingerprint density at radius 1 is 1.26 bits per heavy atom. The topological polar surface area (TPSA) is 21.7 Å². The molecule has 0 aliphatic carbocycles. The summed E-state index contributed by atoms with van der Waals surface area (Å²) in [6.07, 6.45) is 3.39. The van der Waals surface area contributed by atoms with Crippen LogP contribution in [0.4, 0.5) is 0 Å². The van der Waals surface area contributed by atoms with E-state index < -0.39 is 0 Å². The van der Waals surface area contributed by atoms with E-state index in [0.29, 0.717) is 0 Å². The summed E-state index contributed by atoms with van der Waals surface area (Å²) in [5, 5.41) is 0. The lowest BCUT2D eigenvalue weighted by molar-refractivity contribution is 0.0374. The number of rotatable bonds is 6. The van der Waals surface area contributed by atoms with Gasteiger partial charge in [-0.1, -0.05) is 19.1 Å². The number of ether oxygens (including phenoxy) is 2. The molecule has 0 radical (unpaired) electrons. The first kappa shape index (κ1) is 14.4. The number of morpholine rings is 1. The van der Waals surface area contributed by atoms with Crippen LogP contribution in [0.2, 0.25) is 0 Å². The summed E-state index contributed by atoms with van der Waals surface area (Å²) in [5.41, 5.74) is 2.73. The summed E-state index contributed by atoms with van der Waals surface area (Å²) < 4.78 is 10.7. The van der Waals surface area contributed by atoms with Crippen LogP contribution in [0.25, 0.3) is 0 Å². The highest BCUT2D eigenvalue weighted by atomic mass is 16.5. The van der Waals surface area contributed by atoms with Crippen LogP contribution in [-0.4, -0.2) is 44.9 Å². The summed E-state index contributed by atoms with van der Waals surface area (Å²) in [6, 6.07) is 6.58. The molecule has 1 aliphatic rings. The maximum atomic E-state index is 5.37. The first-order valence-electron chi connectivity index (χ1n) is 7.29. The lowest BCUT2D eigenvalue weighted by Gasteiger charge is -2.26. The van der Waals surface area contributed by atoms with Gasteiger partial charge in [0.15, 0.2) is 0 Å². The number of hydrogen-bond acceptors (Lipinski definition) is 3. The number of benzene rings is 1. The Kier molecular flexibility index (Phi) is 5.67. The molecule has 1 aromatic carbocycles. The first-order valence-corrected chi connectivity index (χ1v) is 7.29. The van der Waals surface area contributed by atoms with Crippen molar-refractivity contribution in [2.24, 2.45) is 0 Å². The van der Waals surface area contributed by atoms with Gasteiger partial charge in [-0.15, -0.1) is 0 Å². The van der Waals surface area contributed by atoms with Crippen molar-refractivity contribution >= 4 is 0 Å². The Bertz CT molecular complexity index is 386. The normalized spacial score (nSPS) is 16.5. The molecule has 0 bridgehead atoms. The second kappa shape index (κ2) is 7.51. The van der Waals surface area contributed by atoms with Crippen LogP contribution in [0.5, 0.6) is 5.75 Å². The van der Waals surface area contributed by atoms with E-state index in [1.807, 2.05) is 0 Å². The second-order valence-electron chi connectivity index (χ2n) is 5.06. The molecule has 3 heteroatoms. The molecule has 1 heterocycles. The van der Waals surface area contributed by atoms with E-state index in [1.165, 1.54) is 24.1 Å². The number of methoxy groups -OCH3 is 1. The van der Waals surface area contributed by atoms with Gasteiger partial charge >= 0.3 is 0 Å². The lowest BCUT2D eigenvalue weighted by Crippen LogP contribution is -2.36. The Labute approximate surface area is 116 Å². The van der Waals surface area contributed by atoms with E-state index in [9.17, 15) is 0 Å². The monoisotopic (exact) mass is 263 g/mol. The van der Waals surface area contributed by atoms with Gasteiger partial charge in [-0.3, -0.25) is 4.90 Å². The van der Waals surface area contributed by atoms with E-state index in [2.05, 4.69) is 30.0 Å². The summed E-state index contributed by atoms with van der Waals surface area (Å²) in [4.78, 5) is 2.49. The van der Waals surface area contributed by atoms with Crippen molar-refractivity contribution in [3.05, 3.63) is 29.3 Å². The molecular formula is C16H25NO2. The minimum Gasteiger partial charge on any atom is -0.496 e. The zero-order valence-corrected chi connectivity index (χ0v) is 12.2. The average molecular weight is 263 g/mol. The molecule has 1 saturated heterocycles. The smallest absolute Gasteiger partial charge is 0.122 e. The van der Waals surface area contributed by atoms with Crippen LogP contribution in [0, 0.1) is 0 Å².